The van der Waals surface area contributed by atoms with Crippen LogP contribution in [0.25, 0.3) is 0 Å². The molecule has 98 valence electrons. The van der Waals surface area contributed by atoms with Gasteiger partial charge in [0.1, 0.15) is 0 Å². The molecule has 0 aromatic carbocycles. The molecule has 2 heteroatoms. The average molecular weight is 238 g/mol. The molecule has 4 atom stereocenters. The van der Waals surface area contributed by atoms with Gasteiger partial charge in [0.15, 0.2) is 5.79 Å². The molecule has 1 spiro atoms. The van der Waals surface area contributed by atoms with Crippen LogP contribution >= 0.6 is 0 Å². The first kappa shape index (κ1) is 12.0. The number of hydrogen-bond donors (Lipinski definition) is 0. The fourth-order valence-corrected chi connectivity index (χ4v) is 4.02. The molecule has 2 bridgehead atoms. The van der Waals surface area contributed by atoms with Crippen LogP contribution in [-0.4, -0.2) is 18.0 Å². The van der Waals surface area contributed by atoms with E-state index in [0.717, 1.165) is 18.9 Å². The second-order valence-corrected chi connectivity index (χ2v) is 7.73. The van der Waals surface area contributed by atoms with Gasteiger partial charge in [0.25, 0.3) is 0 Å². The van der Waals surface area contributed by atoms with Crippen molar-refractivity contribution in [3.05, 3.63) is 0 Å². The van der Waals surface area contributed by atoms with E-state index in [-0.39, 0.29) is 11.4 Å². The molecule has 3 aliphatic rings. The third-order valence-electron chi connectivity index (χ3n) is 5.32. The molecule has 0 amide bonds. The number of ether oxygens (including phenoxy) is 2. The third kappa shape index (κ3) is 1.84. The lowest BCUT2D eigenvalue weighted by molar-refractivity contribution is -0.263. The predicted octanol–water partition coefficient (Wildman–Crippen LogP) is 3.74. The van der Waals surface area contributed by atoms with Crippen molar-refractivity contribution in [2.24, 2.45) is 17.3 Å². The zero-order valence-electron chi connectivity index (χ0n) is 11.7. The summed E-state index contributed by atoms with van der Waals surface area (Å²) in [5.74, 6) is 1.26. The van der Waals surface area contributed by atoms with Crippen molar-refractivity contribution in [2.45, 2.75) is 71.2 Å². The minimum absolute atomic E-state index is 0.0189. The molecule has 0 radical (unpaired) electrons. The van der Waals surface area contributed by atoms with Crippen LogP contribution in [0.1, 0.15) is 59.8 Å². The fraction of sp³-hybridized carbons (Fsp3) is 1.00. The van der Waals surface area contributed by atoms with Crippen LogP contribution in [0, 0.1) is 17.3 Å². The normalized spacial score (nSPS) is 50.1. The van der Waals surface area contributed by atoms with E-state index in [0.29, 0.717) is 11.3 Å². The van der Waals surface area contributed by atoms with Gasteiger partial charge in [-0.3, -0.25) is 0 Å². The van der Waals surface area contributed by atoms with E-state index in [1.54, 1.807) is 0 Å². The molecule has 2 saturated heterocycles. The summed E-state index contributed by atoms with van der Waals surface area (Å²) in [5, 5.41) is 0. The van der Waals surface area contributed by atoms with Gasteiger partial charge in [0, 0.05) is 12.3 Å². The molecule has 2 nitrogen and oxygen atoms in total. The molecule has 2 heterocycles. The van der Waals surface area contributed by atoms with Crippen LogP contribution in [0.4, 0.5) is 0 Å². The average Bonchev–Trinajstić information content (AvgIpc) is 2.49. The number of fused-ring (bicyclic) bond motifs is 1. The van der Waals surface area contributed by atoms with Crippen molar-refractivity contribution in [1.82, 2.24) is 0 Å². The van der Waals surface area contributed by atoms with Gasteiger partial charge in [-0.15, -0.1) is 0 Å². The van der Waals surface area contributed by atoms with Gasteiger partial charge in [-0.1, -0.05) is 20.8 Å². The van der Waals surface area contributed by atoms with Gasteiger partial charge in [-0.25, -0.2) is 0 Å². The highest BCUT2D eigenvalue weighted by Crippen LogP contribution is 2.55. The molecular weight excluding hydrogens is 212 g/mol. The Labute approximate surface area is 105 Å². The SMILES string of the molecule is CC(C)(C)[C@@H]1CC[C@]23OC[C@](C)(CC[C@@H]2C1)O3. The van der Waals surface area contributed by atoms with Crippen molar-refractivity contribution >= 4 is 0 Å². The van der Waals surface area contributed by atoms with Gasteiger partial charge in [-0.05, 0) is 43.9 Å². The molecule has 1 saturated carbocycles. The lowest BCUT2D eigenvalue weighted by Gasteiger charge is -2.49. The first-order chi connectivity index (χ1) is 7.83. The van der Waals surface area contributed by atoms with Crippen LogP contribution in [-0.2, 0) is 9.47 Å². The highest BCUT2D eigenvalue weighted by Gasteiger charge is 2.58. The number of hydrogen-bond acceptors (Lipinski definition) is 2. The Balaban J connectivity index is 1.78. The Bertz CT molecular complexity index is 319. The molecule has 0 aromatic rings. The molecule has 2 aliphatic heterocycles. The fourth-order valence-electron chi connectivity index (χ4n) is 4.02. The molecule has 0 N–H and O–H groups in total. The van der Waals surface area contributed by atoms with Gasteiger partial charge in [0.2, 0.25) is 0 Å². The summed E-state index contributed by atoms with van der Waals surface area (Å²) in [6.07, 6.45) is 6.13. The Morgan fingerprint density at radius 2 is 1.88 bits per heavy atom. The molecule has 1 aliphatic carbocycles. The smallest absolute Gasteiger partial charge is 0.172 e. The quantitative estimate of drug-likeness (QED) is 0.640. The second-order valence-electron chi connectivity index (χ2n) is 7.73. The maximum atomic E-state index is 6.32. The number of rotatable bonds is 0. The zero-order chi connectivity index (χ0) is 12.3. The van der Waals surface area contributed by atoms with E-state index in [4.69, 9.17) is 9.47 Å². The van der Waals surface area contributed by atoms with Crippen LogP contribution in [0.3, 0.4) is 0 Å². The molecule has 0 unspecified atom stereocenters. The summed E-state index contributed by atoms with van der Waals surface area (Å²) in [5.41, 5.74) is 0.450. The van der Waals surface area contributed by atoms with Crippen LogP contribution in [0.15, 0.2) is 0 Å². The Kier molecular flexibility index (Phi) is 2.45. The van der Waals surface area contributed by atoms with E-state index in [2.05, 4.69) is 27.7 Å². The van der Waals surface area contributed by atoms with E-state index in [1.165, 1.54) is 25.7 Å². The summed E-state index contributed by atoms with van der Waals surface area (Å²) < 4.78 is 12.4. The molecule has 3 rings (SSSR count). The maximum absolute atomic E-state index is 6.32. The van der Waals surface area contributed by atoms with Crippen LogP contribution in [0.5, 0.6) is 0 Å². The minimum Gasteiger partial charge on any atom is -0.347 e. The Morgan fingerprint density at radius 3 is 2.59 bits per heavy atom. The summed E-state index contributed by atoms with van der Waals surface area (Å²) in [4.78, 5) is 0. The van der Waals surface area contributed by atoms with Crippen LogP contribution < -0.4 is 0 Å². The molecule has 17 heavy (non-hydrogen) atoms. The van der Waals surface area contributed by atoms with Crippen molar-refractivity contribution in [3.63, 3.8) is 0 Å². The van der Waals surface area contributed by atoms with E-state index < -0.39 is 0 Å². The van der Waals surface area contributed by atoms with Crippen molar-refractivity contribution < 1.29 is 9.47 Å². The summed E-state index contributed by atoms with van der Waals surface area (Å²) in [7, 11) is 0. The van der Waals surface area contributed by atoms with Crippen molar-refractivity contribution in [3.8, 4) is 0 Å². The highest BCUT2D eigenvalue weighted by atomic mass is 16.8. The van der Waals surface area contributed by atoms with E-state index in [1.807, 2.05) is 0 Å². The first-order valence-corrected chi connectivity index (χ1v) is 7.17. The highest BCUT2D eigenvalue weighted by molar-refractivity contribution is 5.01. The zero-order valence-corrected chi connectivity index (χ0v) is 11.7. The lowest BCUT2D eigenvalue weighted by Crippen LogP contribution is -2.50. The van der Waals surface area contributed by atoms with Gasteiger partial charge < -0.3 is 9.47 Å². The lowest BCUT2D eigenvalue weighted by atomic mass is 9.65. The van der Waals surface area contributed by atoms with E-state index >= 15 is 0 Å². The largest absolute Gasteiger partial charge is 0.347 e. The van der Waals surface area contributed by atoms with Crippen LogP contribution in [0.2, 0.25) is 0 Å². The van der Waals surface area contributed by atoms with Crippen molar-refractivity contribution in [2.75, 3.05) is 6.61 Å². The summed E-state index contributed by atoms with van der Waals surface area (Å²) in [6, 6.07) is 0. The molecule has 0 aromatic heterocycles. The first-order valence-electron chi connectivity index (χ1n) is 7.17. The van der Waals surface area contributed by atoms with Gasteiger partial charge in [-0.2, -0.15) is 0 Å². The monoisotopic (exact) mass is 238 g/mol. The minimum atomic E-state index is -0.200. The summed E-state index contributed by atoms with van der Waals surface area (Å²) in [6.45, 7) is 10.1. The topological polar surface area (TPSA) is 18.5 Å². The molecule has 3 fully saturated rings. The Morgan fingerprint density at radius 1 is 1.12 bits per heavy atom. The standard InChI is InChI=1S/C15H26O2/c1-13(2,3)11-6-8-15-12(9-11)5-7-14(4,17-15)10-16-15/h11-12H,5-10H2,1-4H3/t11-,12-,14+,15-/m1/s1. The molecular formula is C15H26O2. The van der Waals surface area contributed by atoms with E-state index in [9.17, 15) is 0 Å². The Hall–Kier alpha value is -0.0800. The van der Waals surface area contributed by atoms with Gasteiger partial charge in [0.05, 0.1) is 12.2 Å². The van der Waals surface area contributed by atoms with Crippen molar-refractivity contribution in [1.29, 1.82) is 0 Å². The maximum Gasteiger partial charge on any atom is 0.172 e. The summed E-state index contributed by atoms with van der Waals surface area (Å²) >= 11 is 0. The van der Waals surface area contributed by atoms with Gasteiger partial charge >= 0.3 is 0 Å². The predicted molar refractivity (Wildman–Crippen MR) is 67.7 cm³/mol. The second kappa shape index (κ2) is 3.48. The third-order valence-corrected chi connectivity index (χ3v) is 5.32.